The number of oxime groups is 1. The van der Waals surface area contributed by atoms with Gasteiger partial charge < -0.3 is 21.0 Å². The second-order valence-electron chi connectivity index (χ2n) is 6.02. The Balaban J connectivity index is 2.62. The molecule has 0 radical (unpaired) electrons. The van der Waals surface area contributed by atoms with Crippen molar-refractivity contribution < 1.29 is 14.7 Å². The number of hydrogen-bond acceptors (Lipinski definition) is 4. The lowest BCUT2D eigenvalue weighted by molar-refractivity contribution is -0.127. The molecule has 1 fully saturated rings. The van der Waals surface area contributed by atoms with Crippen molar-refractivity contribution in [3.05, 3.63) is 0 Å². The Kier molecular flexibility index (Phi) is 4.79. The molecule has 6 heteroatoms. The Morgan fingerprint density at radius 3 is 2.37 bits per heavy atom. The average molecular weight is 271 g/mol. The lowest BCUT2D eigenvalue weighted by atomic mass is 9.87. The molecular formula is C13H25N3O3. The molecule has 1 rings (SSSR count). The maximum Gasteiger partial charge on any atom is 0.226 e. The van der Waals surface area contributed by atoms with Crippen LogP contribution in [0.2, 0.25) is 0 Å². The van der Waals surface area contributed by atoms with Gasteiger partial charge in [0.25, 0.3) is 0 Å². The Morgan fingerprint density at radius 2 is 1.95 bits per heavy atom. The van der Waals surface area contributed by atoms with Crippen LogP contribution in [0.5, 0.6) is 0 Å². The summed E-state index contributed by atoms with van der Waals surface area (Å²) < 4.78 is 5.66. The topological polar surface area (TPSA) is 96.9 Å². The van der Waals surface area contributed by atoms with Gasteiger partial charge in [-0.3, -0.25) is 4.79 Å². The fraction of sp³-hybridized carbons (Fsp3) is 0.846. The number of nitrogens with zero attached hydrogens (tertiary/aromatic N) is 1. The van der Waals surface area contributed by atoms with Crippen molar-refractivity contribution in [2.75, 3.05) is 6.54 Å². The Bertz CT molecular complexity index is 368. The molecule has 6 nitrogen and oxygen atoms in total. The van der Waals surface area contributed by atoms with Gasteiger partial charge in [-0.2, -0.15) is 0 Å². The molecule has 1 saturated heterocycles. The van der Waals surface area contributed by atoms with Gasteiger partial charge in [0.15, 0.2) is 0 Å². The van der Waals surface area contributed by atoms with Gasteiger partial charge in [-0.25, -0.2) is 0 Å². The second-order valence-corrected chi connectivity index (χ2v) is 6.02. The molecule has 1 aliphatic heterocycles. The van der Waals surface area contributed by atoms with Crippen LogP contribution in [0.25, 0.3) is 0 Å². The minimum atomic E-state index is -0.581. The smallest absolute Gasteiger partial charge is 0.226 e. The van der Waals surface area contributed by atoms with Gasteiger partial charge in [0.2, 0.25) is 5.91 Å². The molecule has 0 saturated carbocycles. The third kappa shape index (κ3) is 3.37. The number of rotatable bonds is 4. The van der Waals surface area contributed by atoms with E-state index in [4.69, 9.17) is 15.7 Å². The highest BCUT2D eigenvalue weighted by Gasteiger charge is 2.41. The van der Waals surface area contributed by atoms with Crippen molar-refractivity contribution in [1.29, 1.82) is 0 Å². The summed E-state index contributed by atoms with van der Waals surface area (Å²) in [5.74, 6) is 0.0909. The summed E-state index contributed by atoms with van der Waals surface area (Å²) >= 11 is 0. The first-order chi connectivity index (χ1) is 8.70. The minimum absolute atomic E-state index is 0.0387. The van der Waals surface area contributed by atoms with Gasteiger partial charge in [0.1, 0.15) is 5.84 Å². The van der Waals surface area contributed by atoms with Crippen LogP contribution in [0.4, 0.5) is 0 Å². The molecule has 0 aromatic rings. The predicted octanol–water partition coefficient (Wildman–Crippen LogP) is 0.935. The lowest BCUT2D eigenvalue weighted by Gasteiger charge is -2.25. The van der Waals surface area contributed by atoms with Crippen LogP contribution in [0.15, 0.2) is 5.16 Å². The maximum atomic E-state index is 12.2. The standard InChI is InChI=1S/C13H25N3O3/c1-7-8(2)19-9(3)10(7)11(17)15-6-13(4,5)12(14)16-18/h7-10,18H,6H2,1-5H3,(H2,14,16)(H,15,17). The molecule has 0 bridgehead atoms. The van der Waals surface area contributed by atoms with Crippen molar-refractivity contribution in [1.82, 2.24) is 5.32 Å². The number of carbonyl (C=O) groups excluding carboxylic acids is 1. The van der Waals surface area contributed by atoms with Crippen LogP contribution in [0.3, 0.4) is 0 Å². The molecule has 110 valence electrons. The largest absolute Gasteiger partial charge is 0.409 e. The summed E-state index contributed by atoms with van der Waals surface area (Å²) in [4.78, 5) is 12.2. The molecule has 0 spiro atoms. The zero-order valence-corrected chi connectivity index (χ0v) is 12.3. The number of carbonyl (C=O) groups is 1. The highest BCUT2D eigenvalue weighted by molar-refractivity contribution is 5.86. The van der Waals surface area contributed by atoms with Crippen molar-refractivity contribution in [2.24, 2.45) is 28.1 Å². The van der Waals surface area contributed by atoms with Gasteiger partial charge in [0.05, 0.1) is 18.1 Å². The summed E-state index contributed by atoms with van der Waals surface area (Å²) in [7, 11) is 0. The first-order valence-electron chi connectivity index (χ1n) is 6.62. The monoisotopic (exact) mass is 271 g/mol. The van der Waals surface area contributed by atoms with E-state index >= 15 is 0 Å². The third-order valence-corrected chi connectivity index (χ3v) is 4.05. The SMILES string of the molecule is CC1OC(C)C(C(=O)NCC(C)(C)C(N)=NO)C1C. The molecule has 1 heterocycles. The summed E-state index contributed by atoms with van der Waals surface area (Å²) in [6.07, 6.45) is -0.000183. The third-order valence-electron chi connectivity index (χ3n) is 4.05. The van der Waals surface area contributed by atoms with E-state index in [-0.39, 0.29) is 35.8 Å². The molecule has 4 unspecified atom stereocenters. The van der Waals surface area contributed by atoms with E-state index in [1.165, 1.54) is 0 Å². The quantitative estimate of drug-likeness (QED) is 0.307. The van der Waals surface area contributed by atoms with Gasteiger partial charge in [-0.05, 0) is 19.8 Å². The van der Waals surface area contributed by atoms with Gasteiger partial charge in [-0.1, -0.05) is 25.9 Å². The normalized spacial score (nSPS) is 32.4. The molecular weight excluding hydrogens is 246 g/mol. The van der Waals surface area contributed by atoms with Crippen LogP contribution >= 0.6 is 0 Å². The summed E-state index contributed by atoms with van der Waals surface area (Å²) in [5, 5.41) is 14.6. The Hall–Kier alpha value is -1.30. The van der Waals surface area contributed by atoms with Gasteiger partial charge >= 0.3 is 0 Å². The van der Waals surface area contributed by atoms with Crippen molar-refractivity contribution in [2.45, 2.75) is 46.8 Å². The van der Waals surface area contributed by atoms with Crippen molar-refractivity contribution in [3.8, 4) is 0 Å². The van der Waals surface area contributed by atoms with Crippen LogP contribution in [0.1, 0.15) is 34.6 Å². The number of nitrogens with two attached hydrogens (primary N) is 1. The summed E-state index contributed by atoms with van der Waals surface area (Å²) in [6, 6.07) is 0. The molecule has 0 aromatic heterocycles. The fourth-order valence-corrected chi connectivity index (χ4v) is 2.37. The zero-order chi connectivity index (χ0) is 14.8. The predicted molar refractivity (Wildman–Crippen MR) is 72.9 cm³/mol. The van der Waals surface area contributed by atoms with Crippen molar-refractivity contribution in [3.63, 3.8) is 0 Å². The fourth-order valence-electron chi connectivity index (χ4n) is 2.37. The molecule has 0 aliphatic carbocycles. The number of amides is 1. The maximum absolute atomic E-state index is 12.2. The highest BCUT2D eigenvalue weighted by Crippen LogP contribution is 2.32. The first-order valence-corrected chi connectivity index (χ1v) is 6.62. The number of nitrogens with one attached hydrogen (secondary N) is 1. The van der Waals surface area contributed by atoms with E-state index in [0.29, 0.717) is 6.54 Å². The van der Waals surface area contributed by atoms with E-state index in [1.807, 2.05) is 34.6 Å². The van der Waals surface area contributed by atoms with Crippen molar-refractivity contribution >= 4 is 11.7 Å². The Labute approximate surface area is 114 Å². The molecule has 1 aliphatic rings. The highest BCUT2D eigenvalue weighted by atomic mass is 16.5. The molecule has 4 N–H and O–H groups in total. The van der Waals surface area contributed by atoms with Gasteiger partial charge in [0, 0.05) is 12.0 Å². The van der Waals surface area contributed by atoms with E-state index in [1.54, 1.807) is 0 Å². The summed E-state index contributed by atoms with van der Waals surface area (Å²) in [6.45, 7) is 9.86. The average Bonchev–Trinajstić information content (AvgIpc) is 2.59. The second kappa shape index (κ2) is 5.77. The molecule has 19 heavy (non-hydrogen) atoms. The van der Waals surface area contributed by atoms with E-state index in [9.17, 15) is 4.79 Å². The minimum Gasteiger partial charge on any atom is -0.409 e. The zero-order valence-electron chi connectivity index (χ0n) is 12.3. The van der Waals surface area contributed by atoms with Crippen LogP contribution in [0, 0.1) is 17.3 Å². The Morgan fingerprint density at radius 1 is 1.37 bits per heavy atom. The lowest BCUT2D eigenvalue weighted by Crippen LogP contribution is -2.46. The number of amidine groups is 1. The van der Waals surface area contributed by atoms with E-state index < -0.39 is 5.41 Å². The summed E-state index contributed by atoms with van der Waals surface area (Å²) in [5.41, 5.74) is 5.01. The number of ether oxygens (including phenoxy) is 1. The first kappa shape index (κ1) is 15.8. The van der Waals surface area contributed by atoms with Crippen LogP contribution in [-0.2, 0) is 9.53 Å². The van der Waals surface area contributed by atoms with Crippen LogP contribution < -0.4 is 11.1 Å². The molecule has 4 atom stereocenters. The van der Waals surface area contributed by atoms with E-state index in [0.717, 1.165) is 0 Å². The van der Waals surface area contributed by atoms with E-state index in [2.05, 4.69) is 10.5 Å². The number of hydrogen-bond donors (Lipinski definition) is 3. The molecule has 1 amide bonds. The molecule has 0 aromatic carbocycles. The van der Waals surface area contributed by atoms with Gasteiger partial charge in [-0.15, -0.1) is 0 Å². The van der Waals surface area contributed by atoms with Crippen LogP contribution in [-0.4, -0.2) is 35.7 Å².